The van der Waals surface area contributed by atoms with Gasteiger partial charge in [-0.3, -0.25) is 14.5 Å². The molecule has 1 aromatic carbocycles. The Morgan fingerprint density at radius 3 is 2.57 bits per heavy atom. The van der Waals surface area contributed by atoms with Gasteiger partial charge in [-0.15, -0.1) is 0 Å². The van der Waals surface area contributed by atoms with Crippen molar-refractivity contribution in [3.8, 4) is 0 Å². The SMILES string of the molecule is CC(C)CN1C(=O)CC[C@@H](C(=O)NCCN2CCN(c3ccccc3F)CC2)[C@H]1C. The molecular formula is C23H35FN4O2. The molecule has 2 aliphatic heterocycles. The lowest BCUT2D eigenvalue weighted by atomic mass is 9.88. The first-order chi connectivity index (χ1) is 14.4. The van der Waals surface area contributed by atoms with Gasteiger partial charge in [0.2, 0.25) is 11.8 Å². The van der Waals surface area contributed by atoms with Crippen LogP contribution in [0.15, 0.2) is 24.3 Å². The Balaban J connectivity index is 1.42. The highest BCUT2D eigenvalue weighted by Crippen LogP contribution is 2.25. The summed E-state index contributed by atoms with van der Waals surface area (Å²) in [5.41, 5.74) is 0.664. The second-order valence-corrected chi connectivity index (χ2v) is 8.90. The number of carbonyl (C=O) groups excluding carboxylic acids is 2. The van der Waals surface area contributed by atoms with Crippen LogP contribution in [0.3, 0.4) is 0 Å². The number of halogens is 1. The number of benzene rings is 1. The number of nitrogens with one attached hydrogen (secondary N) is 1. The molecule has 2 aliphatic rings. The van der Waals surface area contributed by atoms with Crippen molar-refractivity contribution < 1.29 is 14.0 Å². The van der Waals surface area contributed by atoms with Gasteiger partial charge >= 0.3 is 0 Å². The molecule has 0 aliphatic carbocycles. The maximum Gasteiger partial charge on any atom is 0.225 e. The molecule has 1 N–H and O–H groups in total. The van der Waals surface area contributed by atoms with Crippen LogP contribution in [-0.2, 0) is 9.59 Å². The number of amides is 2. The summed E-state index contributed by atoms with van der Waals surface area (Å²) in [7, 11) is 0. The van der Waals surface area contributed by atoms with Crippen LogP contribution in [-0.4, -0.2) is 73.5 Å². The lowest BCUT2D eigenvalue weighted by Gasteiger charge is -2.39. The van der Waals surface area contributed by atoms with Gasteiger partial charge in [0.05, 0.1) is 11.6 Å². The van der Waals surface area contributed by atoms with Gasteiger partial charge in [0, 0.05) is 58.3 Å². The van der Waals surface area contributed by atoms with E-state index in [-0.39, 0.29) is 29.6 Å². The van der Waals surface area contributed by atoms with Gasteiger partial charge in [-0.05, 0) is 31.4 Å². The zero-order valence-corrected chi connectivity index (χ0v) is 18.4. The summed E-state index contributed by atoms with van der Waals surface area (Å²) >= 11 is 0. The highest BCUT2D eigenvalue weighted by molar-refractivity contribution is 5.84. The molecular weight excluding hydrogens is 383 g/mol. The van der Waals surface area contributed by atoms with E-state index in [9.17, 15) is 14.0 Å². The topological polar surface area (TPSA) is 55.9 Å². The molecule has 2 amide bonds. The first kappa shape index (κ1) is 22.5. The van der Waals surface area contributed by atoms with E-state index < -0.39 is 0 Å². The normalized spacial score (nSPS) is 23.2. The summed E-state index contributed by atoms with van der Waals surface area (Å²) in [4.78, 5) is 31.2. The molecule has 0 bridgehead atoms. The number of nitrogens with zero attached hydrogens (tertiary/aromatic N) is 3. The summed E-state index contributed by atoms with van der Waals surface area (Å²) in [5.74, 6) is 0.284. The van der Waals surface area contributed by atoms with Crippen molar-refractivity contribution >= 4 is 17.5 Å². The van der Waals surface area contributed by atoms with E-state index in [1.807, 2.05) is 24.0 Å². The molecule has 0 radical (unpaired) electrons. The third-order valence-corrected chi connectivity index (χ3v) is 6.25. The minimum absolute atomic E-state index is 0.0498. The smallest absolute Gasteiger partial charge is 0.225 e. The van der Waals surface area contributed by atoms with Gasteiger partial charge in [0.25, 0.3) is 0 Å². The number of carbonyl (C=O) groups is 2. The Morgan fingerprint density at radius 1 is 1.20 bits per heavy atom. The second kappa shape index (κ2) is 10.2. The Hall–Kier alpha value is -2.15. The summed E-state index contributed by atoms with van der Waals surface area (Å²) in [6.45, 7) is 11.5. The molecule has 3 rings (SSSR count). The first-order valence-electron chi connectivity index (χ1n) is 11.2. The number of likely N-dealkylation sites (tertiary alicyclic amines) is 1. The Bertz CT molecular complexity index is 734. The van der Waals surface area contributed by atoms with Crippen LogP contribution < -0.4 is 10.2 Å². The van der Waals surface area contributed by atoms with E-state index in [2.05, 4.69) is 29.0 Å². The number of hydrogen-bond acceptors (Lipinski definition) is 4. The monoisotopic (exact) mass is 418 g/mol. The largest absolute Gasteiger partial charge is 0.367 e. The van der Waals surface area contributed by atoms with Gasteiger partial charge in [0.15, 0.2) is 0 Å². The first-order valence-corrected chi connectivity index (χ1v) is 11.2. The summed E-state index contributed by atoms with van der Waals surface area (Å²) in [6, 6.07) is 6.84. The van der Waals surface area contributed by atoms with Crippen molar-refractivity contribution in [3.63, 3.8) is 0 Å². The lowest BCUT2D eigenvalue weighted by Crippen LogP contribution is -2.53. The zero-order chi connectivity index (χ0) is 21.7. The van der Waals surface area contributed by atoms with Gasteiger partial charge in [-0.2, -0.15) is 0 Å². The fraction of sp³-hybridized carbons (Fsp3) is 0.652. The quantitative estimate of drug-likeness (QED) is 0.739. The van der Waals surface area contributed by atoms with Crippen LogP contribution in [0.5, 0.6) is 0 Å². The van der Waals surface area contributed by atoms with Gasteiger partial charge in [0.1, 0.15) is 5.82 Å². The molecule has 0 saturated carbocycles. The van der Waals surface area contributed by atoms with Crippen LogP contribution in [0.4, 0.5) is 10.1 Å². The molecule has 6 nitrogen and oxygen atoms in total. The van der Waals surface area contributed by atoms with Crippen LogP contribution in [0.1, 0.15) is 33.6 Å². The Labute approximate surface area is 179 Å². The third-order valence-electron chi connectivity index (χ3n) is 6.25. The zero-order valence-electron chi connectivity index (χ0n) is 18.4. The van der Waals surface area contributed by atoms with Crippen LogP contribution in [0, 0.1) is 17.7 Å². The van der Waals surface area contributed by atoms with E-state index in [1.165, 1.54) is 6.07 Å². The maximum atomic E-state index is 14.0. The fourth-order valence-corrected chi connectivity index (χ4v) is 4.51. The number of anilines is 1. The number of piperazine rings is 1. The molecule has 0 aromatic heterocycles. The van der Waals surface area contributed by atoms with E-state index in [4.69, 9.17) is 0 Å². The molecule has 166 valence electrons. The lowest BCUT2D eigenvalue weighted by molar-refractivity contribution is -0.143. The maximum absolute atomic E-state index is 14.0. The average Bonchev–Trinajstić information content (AvgIpc) is 2.72. The van der Waals surface area contributed by atoms with Crippen LogP contribution >= 0.6 is 0 Å². The predicted molar refractivity (Wildman–Crippen MR) is 117 cm³/mol. The summed E-state index contributed by atoms with van der Waals surface area (Å²) in [6.07, 6.45) is 1.08. The van der Waals surface area contributed by atoms with Crippen LogP contribution in [0.2, 0.25) is 0 Å². The third kappa shape index (κ3) is 5.50. The number of rotatable bonds is 7. The highest BCUT2D eigenvalue weighted by atomic mass is 19.1. The van der Waals surface area contributed by atoms with Crippen molar-refractivity contribution in [3.05, 3.63) is 30.1 Å². The van der Waals surface area contributed by atoms with Gasteiger partial charge in [-0.25, -0.2) is 4.39 Å². The molecule has 0 unspecified atom stereocenters. The molecule has 2 fully saturated rings. The van der Waals surface area contributed by atoms with Gasteiger partial charge < -0.3 is 15.1 Å². The van der Waals surface area contributed by atoms with Crippen molar-refractivity contribution in [2.75, 3.05) is 50.7 Å². The van der Waals surface area contributed by atoms with E-state index in [1.54, 1.807) is 6.07 Å². The second-order valence-electron chi connectivity index (χ2n) is 8.90. The molecule has 2 saturated heterocycles. The van der Waals surface area contributed by atoms with Gasteiger partial charge in [-0.1, -0.05) is 26.0 Å². The van der Waals surface area contributed by atoms with Crippen molar-refractivity contribution in [2.45, 2.75) is 39.7 Å². The molecule has 0 spiro atoms. The Kier molecular flexibility index (Phi) is 7.69. The molecule has 2 atom stereocenters. The number of piperidine rings is 1. The molecule has 7 heteroatoms. The van der Waals surface area contributed by atoms with Crippen molar-refractivity contribution in [1.29, 1.82) is 0 Å². The van der Waals surface area contributed by atoms with Crippen LogP contribution in [0.25, 0.3) is 0 Å². The molecule has 1 aromatic rings. The summed E-state index contributed by atoms with van der Waals surface area (Å²) in [5, 5.41) is 3.08. The van der Waals surface area contributed by atoms with Crippen molar-refractivity contribution in [1.82, 2.24) is 15.1 Å². The minimum atomic E-state index is -0.176. The number of para-hydroxylation sites is 1. The Morgan fingerprint density at radius 2 is 1.90 bits per heavy atom. The van der Waals surface area contributed by atoms with E-state index >= 15 is 0 Å². The van der Waals surface area contributed by atoms with E-state index in [0.29, 0.717) is 37.5 Å². The standard InChI is InChI=1S/C23H35FN4O2/c1-17(2)16-28-18(3)19(8-9-22(28)29)23(30)25-10-11-26-12-14-27(15-13-26)21-7-5-4-6-20(21)24/h4-7,17-19H,8-16H2,1-3H3,(H,25,30)/t18-,19-/m1/s1. The minimum Gasteiger partial charge on any atom is -0.367 e. The van der Waals surface area contributed by atoms with E-state index in [0.717, 1.165) is 32.7 Å². The molecule has 2 heterocycles. The number of hydrogen-bond donors (Lipinski definition) is 1. The summed E-state index contributed by atoms with van der Waals surface area (Å²) < 4.78 is 14.0. The average molecular weight is 419 g/mol. The fourth-order valence-electron chi connectivity index (χ4n) is 4.51. The predicted octanol–water partition coefficient (Wildman–Crippen LogP) is 2.35. The molecule has 30 heavy (non-hydrogen) atoms. The van der Waals surface area contributed by atoms with Crippen molar-refractivity contribution in [2.24, 2.45) is 11.8 Å². The highest BCUT2D eigenvalue weighted by Gasteiger charge is 2.36.